The number of aryl methyl sites for hydroxylation is 1. The summed E-state index contributed by atoms with van der Waals surface area (Å²) in [5.41, 5.74) is 3.29. The van der Waals surface area contributed by atoms with E-state index in [9.17, 15) is 4.79 Å². The van der Waals surface area contributed by atoms with Gasteiger partial charge in [0.05, 0.1) is 18.4 Å². The summed E-state index contributed by atoms with van der Waals surface area (Å²) in [6, 6.07) is 17.1. The maximum Gasteiger partial charge on any atom is 0.339 e. The van der Waals surface area contributed by atoms with Crippen LogP contribution < -0.4 is 10.2 Å². The van der Waals surface area contributed by atoms with Gasteiger partial charge in [-0.2, -0.15) is 4.98 Å². The van der Waals surface area contributed by atoms with E-state index in [0.717, 1.165) is 12.2 Å². The SMILES string of the molecule is CCN(c1cccc(C)c1)c1nccc(Nc2ccccc2C(=O)OC)n1. The van der Waals surface area contributed by atoms with Crippen molar-refractivity contribution in [2.75, 3.05) is 23.9 Å². The van der Waals surface area contributed by atoms with Crippen molar-refractivity contribution in [1.82, 2.24) is 9.97 Å². The molecule has 0 aliphatic rings. The van der Waals surface area contributed by atoms with Crippen molar-refractivity contribution in [2.24, 2.45) is 0 Å². The molecular weight excluding hydrogens is 340 g/mol. The molecular formula is C21H22N4O2. The van der Waals surface area contributed by atoms with Gasteiger partial charge in [-0.15, -0.1) is 0 Å². The lowest BCUT2D eigenvalue weighted by atomic mass is 10.2. The molecule has 0 unspecified atom stereocenters. The number of aromatic nitrogens is 2. The standard InChI is InChI=1S/C21H22N4O2/c1-4-25(16-9-7-8-15(2)14-16)21-22-13-12-19(24-21)23-18-11-6-5-10-17(18)20(26)27-3/h5-14H,4H2,1-3H3,(H,22,23,24). The number of ether oxygens (including phenoxy) is 1. The molecule has 3 aromatic rings. The molecule has 0 bridgehead atoms. The number of nitrogens with zero attached hydrogens (tertiary/aromatic N) is 3. The van der Waals surface area contributed by atoms with Crippen LogP contribution in [0.2, 0.25) is 0 Å². The zero-order valence-electron chi connectivity index (χ0n) is 15.6. The topological polar surface area (TPSA) is 67.4 Å². The average Bonchev–Trinajstić information content (AvgIpc) is 2.69. The Morgan fingerprint density at radius 2 is 1.96 bits per heavy atom. The molecule has 6 nitrogen and oxygen atoms in total. The highest BCUT2D eigenvalue weighted by molar-refractivity contribution is 5.96. The van der Waals surface area contributed by atoms with E-state index in [4.69, 9.17) is 4.74 Å². The Balaban J connectivity index is 1.91. The zero-order valence-corrected chi connectivity index (χ0v) is 15.6. The summed E-state index contributed by atoms with van der Waals surface area (Å²) in [7, 11) is 1.36. The largest absolute Gasteiger partial charge is 0.465 e. The summed E-state index contributed by atoms with van der Waals surface area (Å²) < 4.78 is 4.84. The first-order valence-corrected chi connectivity index (χ1v) is 8.74. The number of hydrogen-bond donors (Lipinski definition) is 1. The maximum absolute atomic E-state index is 12.0. The van der Waals surface area contributed by atoms with E-state index < -0.39 is 5.97 Å². The summed E-state index contributed by atoms with van der Waals surface area (Å²) in [4.78, 5) is 23.0. The third-order valence-electron chi connectivity index (χ3n) is 4.11. The summed E-state index contributed by atoms with van der Waals surface area (Å²) in [6.07, 6.45) is 1.70. The second-order valence-electron chi connectivity index (χ2n) is 5.99. The Morgan fingerprint density at radius 1 is 1.15 bits per heavy atom. The third kappa shape index (κ3) is 4.23. The molecule has 0 saturated heterocycles. The smallest absolute Gasteiger partial charge is 0.339 e. The summed E-state index contributed by atoms with van der Waals surface area (Å²) >= 11 is 0. The first kappa shape index (κ1) is 18.4. The van der Waals surface area contributed by atoms with E-state index in [0.29, 0.717) is 23.0 Å². The first-order valence-electron chi connectivity index (χ1n) is 8.74. The van der Waals surface area contributed by atoms with Gasteiger partial charge in [0.25, 0.3) is 0 Å². The molecule has 1 aromatic heterocycles. The number of carbonyl (C=O) groups is 1. The second-order valence-corrected chi connectivity index (χ2v) is 5.99. The Hall–Kier alpha value is -3.41. The minimum absolute atomic E-state index is 0.401. The summed E-state index contributed by atoms with van der Waals surface area (Å²) in [6.45, 7) is 4.84. The van der Waals surface area contributed by atoms with Crippen molar-refractivity contribution in [2.45, 2.75) is 13.8 Å². The van der Waals surface area contributed by atoms with Crippen molar-refractivity contribution in [3.63, 3.8) is 0 Å². The number of nitrogens with one attached hydrogen (secondary N) is 1. The fraction of sp³-hybridized carbons (Fsp3) is 0.190. The lowest BCUT2D eigenvalue weighted by molar-refractivity contribution is 0.0602. The van der Waals surface area contributed by atoms with Gasteiger partial charge in [0.2, 0.25) is 5.95 Å². The number of benzene rings is 2. The van der Waals surface area contributed by atoms with Crippen LogP contribution in [0.4, 0.5) is 23.1 Å². The van der Waals surface area contributed by atoms with Crippen molar-refractivity contribution < 1.29 is 9.53 Å². The van der Waals surface area contributed by atoms with E-state index in [1.54, 1.807) is 24.4 Å². The van der Waals surface area contributed by atoms with Crippen LogP contribution >= 0.6 is 0 Å². The fourth-order valence-electron chi connectivity index (χ4n) is 2.80. The number of para-hydroxylation sites is 1. The molecule has 0 amide bonds. The van der Waals surface area contributed by atoms with Crippen molar-refractivity contribution in [1.29, 1.82) is 0 Å². The molecule has 0 fully saturated rings. The van der Waals surface area contributed by atoms with Crippen LogP contribution in [0.25, 0.3) is 0 Å². The minimum atomic E-state index is -0.401. The Bertz CT molecular complexity index is 943. The van der Waals surface area contributed by atoms with E-state index in [2.05, 4.69) is 41.3 Å². The van der Waals surface area contributed by atoms with Gasteiger partial charge >= 0.3 is 5.97 Å². The second kappa shape index (κ2) is 8.31. The fourth-order valence-corrected chi connectivity index (χ4v) is 2.80. The van der Waals surface area contributed by atoms with E-state index in [1.807, 2.05) is 29.2 Å². The molecule has 138 valence electrons. The zero-order chi connectivity index (χ0) is 19.2. The van der Waals surface area contributed by atoms with Crippen LogP contribution in [-0.4, -0.2) is 29.6 Å². The minimum Gasteiger partial charge on any atom is -0.465 e. The number of carbonyl (C=O) groups excluding carboxylic acids is 1. The molecule has 0 spiro atoms. The molecule has 1 heterocycles. The van der Waals surface area contributed by atoms with Gasteiger partial charge < -0.3 is 15.0 Å². The Kier molecular flexibility index (Phi) is 5.66. The summed E-state index contributed by atoms with van der Waals surface area (Å²) in [5, 5.41) is 3.19. The van der Waals surface area contributed by atoms with Crippen LogP contribution in [0, 0.1) is 6.92 Å². The van der Waals surface area contributed by atoms with Gasteiger partial charge in [0.15, 0.2) is 0 Å². The number of esters is 1. The van der Waals surface area contributed by atoms with E-state index >= 15 is 0 Å². The van der Waals surface area contributed by atoms with Crippen molar-refractivity contribution in [3.05, 3.63) is 71.9 Å². The van der Waals surface area contributed by atoms with Crippen LogP contribution in [0.1, 0.15) is 22.8 Å². The highest BCUT2D eigenvalue weighted by Gasteiger charge is 2.14. The predicted octanol–water partition coefficient (Wildman–Crippen LogP) is 4.47. The molecule has 0 atom stereocenters. The molecule has 6 heteroatoms. The van der Waals surface area contributed by atoms with E-state index in [1.165, 1.54) is 12.7 Å². The number of rotatable bonds is 6. The van der Waals surface area contributed by atoms with Crippen LogP contribution in [-0.2, 0) is 4.74 Å². The molecule has 0 aliphatic heterocycles. The van der Waals surface area contributed by atoms with E-state index in [-0.39, 0.29) is 0 Å². The van der Waals surface area contributed by atoms with Gasteiger partial charge in [0.1, 0.15) is 5.82 Å². The lowest BCUT2D eigenvalue weighted by Crippen LogP contribution is -2.19. The highest BCUT2D eigenvalue weighted by atomic mass is 16.5. The van der Waals surface area contributed by atoms with Crippen molar-refractivity contribution >= 4 is 29.1 Å². The Labute approximate surface area is 158 Å². The number of hydrogen-bond acceptors (Lipinski definition) is 6. The summed E-state index contributed by atoms with van der Waals surface area (Å²) in [5.74, 6) is 0.786. The molecule has 1 N–H and O–H groups in total. The molecule has 2 aromatic carbocycles. The quantitative estimate of drug-likeness (QED) is 0.653. The molecule has 3 rings (SSSR count). The normalized spacial score (nSPS) is 10.3. The lowest BCUT2D eigenvalue weighted by Gasteiger charge is -2.22. The van der Waals surface area contributed by atoms with Crippen molar-refractivity contribution in [3.8, 4) is 0 Å². The Morgan fingerprint density at radius 3 is 2.70 bits per heavy atom. The average molecular weight is 362 g/mol. The molecule has 27 heavy (non-hydrogen) atoms. The highest BCUT2D eigenvalue weighted by Crippen LogP contribution is 2.25. The van der Waals surface area contributed by atoms with Gasteiger partial charge in [-0.3, -0.25) is 0 Å². The number of methoxy groups -OCH3 is 1. The van der Waals surface area contributed by atoms with Crippen LogP contribution in [0.15, 0.2) is 60.8 Å². The monoisotopic (exact) mass is 362 g/mol. The predicted molar refractivity (Wildman–Crippen MR) is 107 cm³/mol. The first-order chi connectivity index (χ1) is 13.1. The maximum atomic E-state index is 12.0. The van der Waals surface area contributed by atoms with Crippen LogP contribution in [0.5, 0.6) is 0 Å². The van der Waals surface area contributed by atoms with Gasteiger partial charge in [-0.1, -0.05) is 24.3 Å². The number of anilines is 4. The van der Waals surface area contributed by atoms with Gasteiger partial charge in [-0.25, -0.2) is 9.78 Å². The molecule has 0 radical (unpaired) electrons. The van der Waals surface area contributed by atoms with Gasteiger partial charge in [-0.05, 0) is 49.7 Å². The van der Waals surface area contributed by atoms with Gasteiger partial charge in [0, 0.05) is 18.4 Å². The molecule has 0 aliphatic carbocycles. The third-order valence-corrected chi connectivity index (χ3v) is 4.11. The van der Waals surface area contributed by atoms with Crippen LogP contribution in [0.3, 0.4) is 0 Å². The molecule has 0 saturated carbocycles.